The van der Waals surface area contributed by atoms with E-state index in [1.807, 2.05) is 5.32 Å². The van der Waals surface area contributed by atoms with E-state index in [4.69, 9.17) is 5.11 Å². The SMILES string of the molecule is CCCCCCCCCCCCC(=O)NC(=O)O. The van der Waals surface area contributed by atoms with E-state index in [2.05, 4.69) is 6.92 Å². The van der Waals surface area contributed by atoms with E-state index in [1.165, 1.54) is 44.9 Å². The topological polar surface area (TPSA) is 66.4 Å². The molecular formula is C14H27NO3. The van der Waals surface area contributed by atoms with E-state index >= 15 is 0 Å². The van der Waals surface area contributed by atoms with Crippen molar-refractivity contribution < 1.29 is 14.7 Å². The van der Waals surface area contributed by atoms with Crippen molar-refractivity contribution in [2.45, 2.75) is 77.6 Å². The minimum atomic E-state index is -1.26. The number of imide groups is 1. The maximum absolute atomic E-state index is 11.0. The van der Waals surface area contributed by atoms with Crippen LogP contribution in [0.3, 0.4) is 0 Å². The zero-order valence-electron chi connectivity index (χ0n) is 11.5. The highest BCUT2D eigenvalue weighted by Gasteiger charge is 2.04. The summed E-state index contributed by atoms with van der Waals surface area (Å²) in [4.78, 5) is 21.2. The summed E-state index contributed by atoms with van der Waals surface area (Å²) in [6.07, 6.45) is 11.2. The van der Waals surface area contributed by atoms with Crippen LogP contribution in [0, 0.1) is 0 Å². The smallest absolute Gasteiger partial charge is 0.411 e. The van der Waals surface area contributed by atoms with Crippen LogP contribution in [0.5, 0.6) is 0 Å². The van der Waals surface area contributed by atoms with Crippen molar-refractivity contribution in [1.82, 2.24) is 5.32 Å². The number of hydrogen-bond acceptors (Lipinski definition) is 2. The van der Waals surface area contributed by atoms with Crippen LogP contribution in [0.1, 0.15) is 77.6 Å². The third-order valence-corrected chi connectivity index (χ3v) is 3.00. The molecule has 0 bridgehead atoms. The number of hydrogen-bond donors (Lipinski definition) is 2. The molecule has 0 radical (unpaired) electrons. The number of unbranched alkanes of at least 4 members (excludes halogenated alkanes) is 9. The fourth-order valence-corrected chi connectivity index (χ4v) is 1.95. The van der Waals surface area contributed by atoms with Gasteiger partial charge in [-0.25, -0.2) is 4.79 Å². The van der Waals surface area contributed by atoms with Gasteiger partial charge in [0.25, 0.3) is 0 Å². The van der Waals surface area contributed by atoms with Crippen molar-refractivity contribution >= 4 is 12.0 Å². The third-order valence-electron chi connectivity index (χ3n) is 3.00. The van der Waals surface area contributed by atoms with Crippen molar-refractivity contribution in [3.05, 3.63) is 0 Å². The van der Waals surface area contributed by atoms with Gasteiger partial charge in [-0.05, 0) is 6.42 Å². The van der Waals surface area contributed by atoms with Gasteiger partial charge in [-0.2, -0.15) is 0 Å². The maximum atomic E-state index is 11.0. The minimum Gasteiger partial charge on any atom is -0.465 e. The Hall–Kier alpha value is -1.06. The largest absolute Gasteiger partial charge is 0.465 e. The van der Waals surface area contributed by atoms with Gasteiger partial charge in [-0.15, -0.1) is 0 Å². The number of amides is 2. The first-order valence-electron chi connectivity index (χ1n) is 7.19. The molecule has 0 spiro atoms. The average molecular weight is 257 g/mol. The van der Waals surface area contributed by atoms with E-state index in [0.717, 1.165) is 19.3 Å². The molecule has 0 aromatic rings. The lowest BCUT2D eigenvalue weighted by atomic mass is 10.1. The Balaban J connectivity index is 3.11. The van der Waals surface area contributed by atoms with Crippen molar-refractivity contribution in [2.24, 2.45) is 0 Å². The van der Waals surface area contributed by atoms with Crippen LogP contribution in [0.25, 0.3) is 0 Å². The average Bonchev–Trinajstić information content (AvgIpc) is 2.30. The quantitative estimate of drug-likeness (QED) is 0.548. The second kappa shape index (κ2) is 12.4. The van der Waals surface area contributed by atoms with E-state index in [1.54, 1.807) is 0 Å². The van der Waals surface area contributed by atoms with Gasteiger partial charge in [0.2, 0.25) is 5.91 Å². The van der Waals surface area contributed by atoms with E-state index < -0.39 is 6.09 Å². The number of carbonyl (C=O) groups is 2. The summed E-state index contributed by atoms with van der Waals surface area (Å²) in [6.45, 7) is 2.22. The molecule has 0 atom stereocenters. The van der Waals surface area contributed by atoms with E-state index in [0.29, 0.717) is 6.42 Å². The summed E-state index contributed by atoms with van der Waals surface area (Å²) in [5, 5.41) is 10.2. The van der Waals surface area contributed by atoms with Gasteiger partial charge < -0.3 is 5.11 Å². The fraction of sp³-hybridized carbons (Fsp3) is 0.857. The van der Waals surface area contributed by atoms with Crippen LogP contribution in [-0.4, -0.2) is 17.1 Å². The molecule has 4 heteroatoms. The van der Waals surface area contributed by atoms with Gasteiger partial charge in [-0.1, -0.05) is 64.7 Å². The van der Waals surface area contributed by atoms with Gasteiger partial charge in [0, 0.05) is 6.42 Å². The second-order valence-electron chi connectivity index (χ2n) is 4.79. The maximum Gasteiger partial charge on any atom is 0.411 e. The molecule has 0 aliphatic carbocycles. The normalized spacial score (nSPS) is 10.3. The molecule has 0 saturated heterocycles. The lowest BCUT2D eigenvalue weighted by Crippen LogP contribution is -2.28. The van der Waals surface area contributed by atoms with Gasteiger partial charge in [-0.3, -0.25) is 10.1 Å². The second-order valence-corrected chi connectivity index (χ2v) is 4.79. The van der Waals surface area contributed by atoms with Gasteiger partial charge in [0.15, 0.2) is 0 Å². The Kier molecular flexibility index (Phi) is 11.7. The summed E-state index contributed by atoms with van der Waals surface area (Å²) < 4.78 is 0. The number of carboxylic acid groups (broad SMARTS) is 1. The van der Waals surface area contributed by atoms with E-state index in [9.17, 15) is 9.59 Å². The fourth-order valence-electron chi connectivity index (χ4n) is 1.95. The van der Waals surface area contributed by atoms with Crippen molar-refractivity contribution in [3.63, 3.8) is 0 Å². The zero-order chi connectivity index (χ0) is 13.6. The highest BCUT2D eigenvalue weighted by atomic mass is 16.4. The van der Waals surface area contributed by atoms with Crippen LogP contribution in [0.2, 0.25) is 0 Å². The molecule has 0 unspecified atom stereocenters. The molecule has 0 rings (SSSR count). The first-order valence-corrected chi connectivity index (χ1v) is 7.19. The van der Waals surface area contributed by atoms with Gasteiger partial charge in [0.05, 0.1) is 0 Å². The van der Waals surface area contributed by atoms with Gasteiger partial charge >= 0.3 is 6.09 Å². The monoisotopic (exact) mass is 257 g/mol. The lowest BCUT2D eigenvalue weighted by molar-refractivity contribution is -0.120. The first kappa shape index (κ1) is 16.9. The Morgan fingerprint density at radius 3 is 1.72 bits per heavy atom. The van der Waals surface area contributed by atoms with Crippen molar-refractivity contribution in [2.75, 3.05) is 0 Å². The molecule has 0 aliphatic heterocycles. The van der Waals surface area contributed by atoms with Crippen LogP contribution in [0.15, 0.2) is 0 Å². The first-order chi connectivity index (χ1) is 8.66. The van der Waals surface area contributed by atoms with Crippen LogP contribution >= 0.6 is 0 Å². The summed E-state index contributed by atoms with van der Waals surface area (Å²) in [7, 11) is 0. The molecule has 0 saturated carbocycles. The molecule has 0 aliphatic rings. The molecule has 18 heavy (non-hydrogen) atoms. The molecule has 0 heterocycles. The minimum absolute atomic E-state index is 0.322. The molecule has 0 fully saturated rings. The Bertz CT molecular complexity index is 229. The molecule has 0 aromatic heterocycles. The summed E-state index contributed by atoms with van der Waals surface area (Å²) >= 11 is 0. The van der Waals surface area contributed by atoms with Crippen molar-refractivity contribution in [3.8, 4) is 0 Å². The molecule has 106 valence electrons. The molecule has 2 N–H and O–H groups in total. The highest BCUT2D eigenvalue weighted by molar-refractivity contribution is 5.90. The summed E-state index contributed by atoms with van der Waals surface area (Å²) in [6, 6.07) is 0. The number of carbonyl (C=O) groups excluding carboxylic acids is 1. The molecular weight excluding hydrogens is 230 g/mol. The summed E-state index contributed by atoms with van der Waals surface area (Å²) in [5.41, 5.74) is 0. The van der Waals surface area contributed by atoms with Crippen molar-refractivity contribution in [1.29, 1.82) is 0 Å². The number of nitrogens with one attached hydrogen (secondary N) is 1. The highest BCUT2D eigenvalue weighted by Crippen LogP contribution is 2.11. The van der Waals surface area contributed by atoms with Crippen LogP contribution in [0.4, 0.5) is 4.79 Å². The van der Waals surface area contributed by atoms with Crippen LogP contribution < -0.4 is 5.32 Å². The predicted octanol–water partition coefficient (Wildman–Crippen LogP) is 4.09. The number of rotatable bonds is 11. The Morgan fingerprint density at radius 1 is 0.833 bits per heavy atom. The Morgan fingerprint density at radius 2 is 1.28 bits per heavy atom. The standard InChI is InChI=1S/C14H27NO3/c1-2-3-4-5-6-7-8-9-10-11-12-13(16)15-14(17)18/h2-12H2,1H3,(H,15,16)(H,17,18). The summed E-state index contributed by atoms with van der Waals surface area (Å²) in [5.74, 6) is -0.387. The van der Waals surface area contributed by atoms with Gasteiger partial charge in [0.1, 0.15) is 0 Å². The molecule has 4 nitrogen and oxygen atoms in total. The molecule has 2 amide bonds. The van der Waals surface area contributed by atoms with Crippen LogP contribution in [-0.2, 0) is 4.79 Å². The Labute approximate surface area is 110 Å². The third kappa shape index (κ3) is 13.0. The zero-order valence-corrected chi connectivity index (χ0v) is 11.5. The van der Waals surface area contributed by atoms with E-state index in [-0.39, 0.29) is 5.91 Å². The predicted molar refractivity (Wildman–Crippen MR) is 72.6 cm³/mol. The lowest BCUT2D eigenvalue weighted by Gasteiger charge is -2.02. The molecule has 0 aromatic carbocycles.